The third kappa shape index (κ3) is 4.36. The Balaban J connectivity index is 0.00000116. The molecule has 0 aliphatic rings. The number of fused-ring (bicyclic) bond motifs is 1. The van der Waals surface area contributed by atoms with Crippen molar-refractivity contribution in [3.63, 3.8) is 0 Å². The zero-order valence-corrected chi connectivity index (χ0v) is 14.0. The van der Waals surface area contributed by atoms with E-state index in [0.29, 0.717) is 11.0 Å². The maximum Gasteiger partial charge on any atom is 0.387 e. The topological polar surface area (TPSA) is 35.0 Å². The summed E-state index contributed by atoms with van der Waals surface area (Å²) in [4.78, 5) is 8.73. The molecule has 0 amide bonds. The predicted molar refractivity (Wildman–Crippen MR) is 85.7 cm³/mol. The van der Waals surface area contributed by atoms with Crippen molar-refractivity contribution in [3.05, 3.63) is 29.6 Å². The van der Waals surface area contributed by atoms with Crippen molar-refractivity contribution in [2.24, 2.45) is 0 Å². The van der Waals surface area contributed by atoms with Gasteiger partial charge in [0.1, 0.15) is 5.52 Å². The van der Waals surface area contributed by atoms with Crippen LogP contribution in [0.1, 0.15) is 64.6 Å². The molecule has 0 fully saturated rings. The van der Waals surface area contributed by atoms with E-state index in [-0.39, 0.29) is 17.6 Å². The lowest BCUT2D eigenvalue weighted by Gasteiger charge is -2.13. The van der Waals surface area contributed by atoms with Crippen LogP contribution in [0.3, 0.4) is 0 Å². The molecule has 1 aromatic heterocycles. The number of benzene rings is 1. The smallest absolute Gasteiger partial charge is 0.387 e. The molecule has 2 rings (SSSR count). The highest BCUT2D eigenvalue weighted by atomic mass is 19.3. The Morgan fingerprint density at radius 3 is 2.14 bits per heavy atom. The van der Waals surface area contributed by atoms with Crippen LogP contribution >= 0.6 is 0 Å². The lowest BCUT2D eigenvalue weighted by atomic mass is 10.0. The van der Waals surface area contributed by atoms with Crippen molar-refractivity contribution in [2.75, 3.05) is 0 Å². The third-order valence-electron chi connectivity index (χ3n) is 3.13. The highest BCUT2D eigenvalue weighted by Gasteiger charge is 2.15. The third-order valence-corrected chi connectivity index (χ3v) is 3.13. The summed E-state index contributed by atoms with van der Waals surface area (Å²) in [5.41, 5.74) is 2.63. The Kier molecular flexibility index (Phi) is 6.65. The standard InChI is InChI=1S/C15H18F2N2O.C2H6/c1-8(2)10-5-11-14(13(6-10)20-15(16)17)19-12(7-18-11)9(3)4;1-2/h5-9,15H,1-4H3;1-2H3. The van der Waals surface area contributed by atoms with E-state index >= 15 is 0 Å². The predicted octanol–water partition coefficient (Wildman–Crippen LogP) is 5.50. The zero-order valence-electron chi connectivity index (χ0n) is 14.0. The molecule has 0 unspecified atom stereocenters. The normalized spacial score (nSPS) is 11.0. The molecule has 0 saturated heterocycles. The summed E-state index contributed by atoms with van der Waals surface area (Å²) < 4.78 is 29.8. The summed E-state index contributed by atoms with van der Waals surface area (Å²) in [5.74, 6) is 0.471. The van der Waals surface area contributed by atoms with Gasteiger partial charge in [0.15, 0.2) is 5.75 Å². The number of hydrogen-bond acceptors (Lipinski definition) is 3. The van der Waals surface area contributed by atoms with Gasteiger partial charge in [-0.15, -0.1) is 0 Å². The molecule has 0 bridgehead atoms. The van der Waals surface area contributed by atoms with Gasteiger partial charge in [-0.3, -0.25) is 4.98 Å². The molecular weight excluding hydrogens is 286 g/mol. The molecule has 1 aromatic carbocycles. The van der Waals surface area contributed by atoms with E-state index in [1.807, 2.05) is 47.6 Å². The summed E-state index contributed by atoms with van der Waals surface area (Å²) in [6.45, 7) is 9.06. The van der Waals surface area contributed by atoms with Crippen LogP contribution in [0.15, 0.2) is 18.3 Å². The van der Waals surface area contributed by atoms with Gasteiger partial charge in [-0.2, -0.15) is 8.78 Å². The van der Waals surface area contributed by atoms with Crippen LogP contribution in [0.2, 0.25) is 0 Å². The van der Waals surface area contributed by atoms with E-state index in [2.05, 4.69) is 14.7 Å². The second kappa shape index (κ2) is 8.01. The van der Waals surface area contributed by atoms with Crippen molar-refractivity contribution >= 4 is 11.0 Å². The quantitative estimate of drug-likeness (QED) is 0.747. The molecule has 0 radical (unpaired) electrons. The van der Waals surface area contributed by atoms with Gasteiger partial charge in [0.2, 0.25) is 0 Å². The van der Waals surface area contributed by atoms with Crippen LogP contribution in [0.5, 0.6) is 5.75 Å². The molecular formula is C17H24F2N2O. The Bertz CT molecular complexity index is 613. The number of rotatable bonds is 4. The minimum atomic E-state index is -2.87. The average Bonchev–Trinajstić information content (AvgIpc) is 2.48. The maximum atomic E-state index is 12.6. The molecule has 0 atom stereocenters. The SMILES string of the molecule is CC.CC(C)c1cc(OC(F)F)c2nc(C(C)C)cnc2c1. The summed E-state index contributed by atoms with van der Waals surface area (Å²) in [5, 5.41) is 0. The van der Waals surface area contributed by atoms with Crippen LogP contribution in [-0.4, -0.2) is 16.6 Å². The fraction of sp³-hybridized carbons (Fsp3) is 0.529. The van der Waals surface area contributed by atoms with E-state index < -0.39 is 6.61 Å². The molecule has 0 N–H and O–H groups in total. The van der Waals surface area contributed by atoms with Gasteiger partial charge in [0.25, 0.3) is 0 Å². The van der Waals surface area contributed by atoms with Crippen LogP contribution in [-0.2, 0) is 0 Å². The summed E-state index contributed by atoms with van der Waals surface area (Å²) >= 11 is 0. The first-order valence-corrected chi connectivity index (χ1v) is 7.64. The highest BCUT2D eigenvalue weighted by molar-refractivity contribution is 5.82. The first-order valence-electron chi connectivity index (χ1n) is 7.64. The number of ether oxygens (including phenoxy) is 1. The molecule has 5 heteroatoms. The fourth-order valence-corrected chi connectivity index (χ4v) is 1.92. The van der Waals surface area contributed by atoms with E-state index in [0.717, 1.165) is 11.3 Å². The average molecular weight is 310 g/mol. The van der Waals surface area contributed by atoms with Crippen molar-refractivity contribution in [2.45, 2.75) is 60.0 Å². The number of halogens is 2. The first-order chi connectivity index (χ1) is 10.4. The van der Waals surface area contributed by atoms with Gasteiger partial charge in [-0.1, -0.05) is 41.5 Å². The Morgan fingerprint density at radius 1 is 1.00 bits per heavy atom. The monoisotopic (exact) mass is 310 g/mol. The lowest BCUT2D eigenvalue weighted by molar-refractivity contribution is -0.0489. The molecule has 3 nitrogen and oxygen atoms in total. The van der Waals surface area contributed by atoms with E-state index in [1.54, 1.807) is 12.3 Å². The van der Waals surface area contributed by atoms with Crippen molar-refractivity contribution in [3.8, 4) is 5.75 Å². The van der Waals surface area contributed by atoms with Gasteiger partial charge in [0, 0.05) is 6.20 Å². The van der Waals surface area contributed by atoms with Crippen molar-refractivity contribution in [1.29, 1.82) is 0 Å². The minimum Gasteiger partial charge on any atom is -0.432 e. The largest absolute Gasteiger partial charge is 0.432 e. The van der Waals surface area contributed by atoms with Gasteiger partial charge < -0.3 is 4.74 Å². The number of aromatic nitrogens is 2. The Hall–Kier alpha value is -1.78. The van der Waals surface area contributed by atoms with E-state index in [4.69, 9.17) is 0 Å². The second-order valence-corrected chi connectivity index (χ2v) is 5.37. The number of hydrogen-bond donors (Lipinski definition) is 0. The van der Waals surface area contributed by atoms with Crippen LogP contribution in [0.25, 0.3) is 11.0 Å². The number of nitrogens with zero attached hydrogens (tertiary/aromatic N) is 2. The molecule has 122 valence electrons. The molecule has 2 aromatic rings. The molecule has 0 spiro atoms. The summed E-state index contributed by atoms with van der Waals surface area (Å²) in [7, 11) is 0. The van der Waals surface area contributed by atoms with Crippen LogP contribution in [0.4, 0.5) is 8.78 Å². The van der Waals surface area contributed by atoms with Crippen molar-refractivity contribution < 1.29 is 13.5 Å². The minimum absolute atomic E-state index is 0.0937. The van der Waals surface area contributed by atoms with Gasteiger partial charge >= 0.3 is 6.61 Å². The van der Waals surface area contributed by atoms with E-state index in [9.17, 15) is 8.78 Å². The Labute approximate surface area is 130 Å². The van der Waals surface area contributed by atoms with Crippen LogP contribution in [0, 0.1) is 0 Å². The molecule has 0 aliphatic carbocycles. The van der Waals surface area contributed by atoms with E-state index in [1.165, 1.54) is 0 Å². The van der Waals surface area contributed by atoms with Gasteiger partial charge in [-0.25, -0.2) is 4.98 Å². The molecule has 1 heterocycles. The maximum absolute atomic E-state index is 12.6. The molecule has 0 aliphatic heterocycles. The molecule has 22 heavy (non-hydrogen) atoms. The lowest BCUT2D eigenvalue weighted by Crippen LogP contribution is -2.05. The Morgan fingerprint density at radius 2 is 1.64 bits per heavy atom. The zero-order chi connectivity index (χ0) is 16.9. The summed E-state index contributed by atoms with van der Waals surface area (Å²) in [6, 6.07) is 3.49. The first kappa shape index (κ1) is 18.3. The second-order valence-electron chi connectivity index (χ2n) is 5.37. The fourth-order valence-electron chi connectivity index (χ4n) is 1.92. The number of alkyl halides is 2. The van der Waals surface area contributed by atoms with Gasteiger partial charge in [0.05, 0.1) is 11.2 Å². The van der Waals surface area contributed by atoms with Crippen LogP contribution < -0.4 is 4.74 Å². The molecule has 0 saturated carbocycles. The summed E-state index contributed by atoms with van der Waals surface area (Å²) in [6.07, 6.45) is 1.68. The van der Waals surface area contributed by atoms with Crippen molar-refractivity contribution in [1.82, 2.24) is 9.97 Å². The highest BCUT2D eigenvalue weighted by Crippen LogP contribution is 2.30. The van der Waals surface area contributed by atoms with Gasteiger partial charge in [-0.05, 0) is 29.5 Å².